The average molecular weight is 510 g/mol. The van der Waals surface area contributed by atoms with Crippen molar-refractivity contribution in [3.05, 3.63) is 0 Å². The highest BCUT2D eigenvalue weighted by molar-refractivity contribution is 5.73. The van der Waals surface area contributed by atoms with E-state index in [1.54, 1.807) is 0 Å². The van der Waals surface area contributed by atoms with Gasteiger partial charge in [-0.15, -0.1) is 0 Å². The lowest BCUT2D eigenvalue weighted by molar-refractivity contribution is -0.359. The summed E-state index contributed by atoms with van der Waals surface area (Å²) in [7, 11) is 0. The van der Waals surface area contributed by atoms with Crippen molar-refractivity contribution in [1.29, 1.82) is 0 Å². The van der Waals surface area contributed by atoms with Gasteiger partial charge in [0, 0.05) is 12.8 Å². The van der Waals surface area contributed by atoms with Crippen molar-refractivity contribution in [3.63, 3.8) is 0 Å². The highest BCUT2D eigenvalue weighted by atomic mass is 19.4. The Balaban J connectivity index is 4.73. The lowest BCUT2D eigenvalue weighted by Gasteiger charge is -2.28. The van der Waals surface area contributed by atoms with Crippen LogP contribution in [0.2, 0.25) is 0 Å². The molecular formula is C14H12F14O4. The minimum atomic E-state index is -6.69. The second-order valence-electron chi connectivity index (χ2n) is 6.39. The minimum Gasteiger partial charge on any atom is -0.459 e. The molecule has 190 valence electrons. The molecule has 18 heteroatoms. The minimum absolute atomic E-state index is 0.868. The second kappa shape index (κ2) is 9.44. The van der Waals surface area contributed by atoms with Crippen molar-refractivity contribution >= 4 is 11.9 Å². The SMILES string of the molecule is CC(CC(=O)OCC(F)(F)C(F)(F)C(F)(F)F)CC(=O)OCC(F)(F)C(F)(F)C(F)(F)F. The molecule has 0 saturated carbocycles. The molecule has 0 radical (unpaired) electrons. The quantitative estimate of drug-likeness (QED) is 0.301. The van der Waals surface area contributed by atoms with E-state index in [-0.39, 0.29) is 0 Å². The number of carbonyl (C=O) groups is 2. The van der Waals surface area contributed by atoms with E-state index in [0.29, 0.717) is 0 Å². The summed E-state index contributed by atoms with van der Waals surface area (Å²) in [6.45, 7) is -4.59. The maximum Gasteiger partial charge on any atom is 0.460 e. The van der Waals surface area contributed by atoms with E-state index >= 15 is 0 Å². The summed E-state index contributed by atoms with van der Waals surface area (Å²) < 4.78 is 181. The second-order valence-corrected chi connectivity index (χ2v) is 6.39. The van der Waals surface area contributed by atoms with Gasteiger partial charge >= 0.3 is 48.0 Å². The van der Waals surface area contributed by atoms with Gasteiger partial charge in [-0.1, -0.05) is 6.92 Å². The number of hydrogen-bond acceptors (Lipinski definition) is 4. The van der Waals surface area contributed by atoms with Gasteiger partial charge in [-0.25, -0.2) is 0 Å². The van der Waals surface area contributed by atoms with Crippen LogP contribution in [0.1, 0.15) is 19.8 Å². The highest BCUT2D eigenvalue weighted by Gasteiger charge is 2.74. The fourth-order valence-electron chi connectivity index (χ4n) is 1.70. The molecule has 4 nitrogen and oxygen atoms in total. The number of alkyl halides is 14. The van der Waals surface area contributed by atoms with Crippen molar-refractivity contribution in [2.75, 3.05) is 13.2 Å². The van der Waals surface area contributed by atoms with Crippen LogP contribution in [-0.2, 0) is 19.1 Å². The number of esters is 2. The molecule has 0 aliphatic rings. The molecule has 0 spiro atoms. The van der Waals surface area contributed by atoms with Gasteiger partial charge in [0.25, 0.3) is 0 Å². The first kappa shape index (κ1) is 30.0. The largest absolute Gasteiger partial charge is 0.460 e. The zero-order chi connectivity index (χ0) is 26.0. The van der Waals surface area contributed by atoms with E-state index in [2.05, 4.69) is 9.47 Å². The van der Waals surface area contributed by atoms with Crippen LogP contribution in [0.5, 0.6) is 0 Å². The monoisotopic (exact) mass is 510 g/mol. The van der Waals surface area contributed by atoms with Crippen LogP contribution >= 0.6 is 0 Å². The molecule has 0 heterocycles. The van der Waals surface area contributed by atoms with Crippen molar-refractivity contribution in [3.8, 4) is 0 Å². The molecule has 0 aliphatic heterocycles. The van der Waals surface area contributed by atoms with Gasteiger partial charge in [-0.3, -0.25) is 9.59 Å². The zero-order valence-corrected chi connectivity index (χ0v) is 15.3. The molecular weight excluding hydrogens is 498 g/mol. The predicted octanol–water partition coefficient (Wildman–Crippen LogP) is 5.15. The van der Waals surface area contributed by atoms with E-state index in [1.165, 1.54) is 0 Å². The van der Waals surface area contributed by atoms with Crippen LogP contribution in [0.3, 0.4) is 0 Å². The van der Waals surface area contributed by atoms with Crippen LogP contribution in [0.25, 0.3) is 0 Å². The van der Waals surface area contributed by atoms with Gasteiger partial charge in [-0.2, -0.15) is 61.5 Å². The normalized spacial score (nSPS) is 14.5. The fraction of sp³-hybridized carbons (Fsp3) is 0.857. The van der Waals surface area contributed by atoms with Gasteiger partial charge in [0.2, 0.25) is 0 Å². The maximum absolute atomic E-state index is 13.0. The Bertz CT molecular complexity index is 611. The molecule has 0 bridgehead atoms. The van der Waals surface area contributed by atoms with Crippen LogP contribution in [0.15, 0.2) is 0 Å². The summed E-state index contributed by atoms with van der Waals surface area (Å²) >= 11 is 0. The Morgan fingerprint density at radius 1 is 0.594 bits per heavy atom. The van der Waals surface area contributed by atoms with E-state index in [1.807, 2.05) is 0 Å². The van der Waals surface area contributed by atoms with E-state index in [4.69, 9.17) is 0 Å². The predicted molar refractivity (Wildman–Crippen MR) is 72.2 cm³/mol. The van der Waals surface area contributed by atoms with Crippen molar-refractivity contribution in [2.24, 2.45) is 5.92 Å². The third-order valence-corrected chi connectivity index (χ3v) is 3.49. The van der Waals surface area contributed by atoms with Crippen molar-refractivity contribution < 1.29 is 80.5 Å². The van der Waals surface area contributed by atoms with E-state index in [0.717, 1.165) is 6.92 Å². The van der Waals surface area contributed by atoms with Crippen molar-refractivity contribution in [2.45, 2.75) is 55.8 Å². The highest BCUT2D eigenvalue weighted by Crippen LogP contribution is 2.47. The van der Waals surface area contributed by atoms with Crippen LogP contribution in [-0.4, -0.2) is 61.2 Å². The molecule has 0 aromatic heterocycles. The molecule has 0 N–H and O–H groups in total. The Morgan fingerprint density at radius 3 is 1.06 bits per heavy atom. The number of ether oxygens (including phenoxy) is 2. The summed E-state index contributed by atoms with van der Waals surface area (Å²) in [5.74, 6) is -30.0. The lowest BCUT2D eigenvalue weighted by atomic mass is 10.0. The summed E-state index contributed by atoms with van der Waals surface area (Å²) in [6, 6.07) is 0. The Morgan fingerprint density at radius 2 is 0.844 bits per heavy atom. The molecule has 0 aromatic carbocycles. The summed E-state index contributed by atoms with van der Waals surface area (Å²) in [5.41, 5.74) is 0. The molecule has 0 saturated heterocycles. The van der Waals surface area contributed by atoms with Gasteiger partial charge in [0.1, 0.15) is 0 Å². The number of halogens is 14. The first-order chi connectivity index (χ1) is 13.9. The zero-order valence-electron chi connectivity index (χ0n) is 15.3. The first-order valence-electron chi connectivity index (χ1n) is 7.85. The van der Waals surface area contributed by atoms with E-state index < -0.39 is 80.0 Å². The molecule has 32 heavy (non-hydrogen) atoms. The Kier molecular flexibility index (Phi) is 8.84. The maximum atomic E-state index is 13.0. The topological polar surface area (TPSA) is 52.6 Å². The smallest absolute Gasteiger partial charge is 0.459 e. The molecule has 0 amide bonds. The van der Waals surface area contributed by atoms with Gasteiger partial charge in [0.05, 0.1) is 0 Å². The fourth-order valence-corrected chi connectivity index (χ4v) is 1.70. The van der Waals surface area contributed by atoms with E-state index in [9.17, 15) is 71.1 Å². The van der Waals surface area contributed by atoms with Crippen LogP contribution in [0.4, 0.5) is 61.5 Å². The average Bonchev–Trinajstić information content (AvgIpc) is 2.56. The summed E-state index contributed by atoms with van der Waals surface area (Å²) in [6.07, 6.45) is -15.7. The standard InChI is InChI=1S/C14H12F14O4/c1-6(2-7(29)31-4-9(15,16)11(19,20)13(23,24)25)3-8(30)32-5-10(17,18)12(21,22)14(26,27)28/h6H,2-5H2,1H3. The lowest BCUT2D eigenvalue weighted by Crippen LogP contribution is -2.54. The third kappa shape index (κ3) is 6.98. The van der Waals surface area contributed by atoms with Crippen LogP contribution < -0.4 is 0 Å². The molecule has 0 aromatic rings. The number of carbonyl (C=O) groups excluding carboxylic acids is 2. The third-order valence-electron chi connectivity index (χ3n) is 3.49. The molecule has 0 fully saturated rings. The summed E-state index contributed by atoms with van der Waals surface area (Å²) in [5, 5.41) is 0. The molecule has 0 aliphatic carbocycles. The van der Waals surface area contributed by atoms with Gasteiger partial charge in [0.15, 0.2) is 13.2 Å². The Hall–Kier alpha value is -2.04. The first-order valence-corrected chi connectivity index (χ1v) is 7.85. The summed E-state index contributed by atoms with van der Waals surface area (Å²) in [4.78, 5) is 22.5. The van der Waals surface area contributed by atoms with Crippen molar-refractivity contribution in [1.82, 2.24) is 0 Å². The van der Waals surface area contributed by atoms with Gasteiger partial charge < -0.3 is 9.47 Å². The van der Waals surface area contributed by atoms with Gasteiger partial charge in [-0.05, 0) is 5.92 Å². The Labute approximate surface area is 168 Å². The molecule has 0 unspecified atom stereocenters. The molecule has 0 rings (SSSR count). The number of hydrogen-bond donors (Lipinski definition) is 0. The number of rotatable bonds is 10. The molecule has 0 atom stereocenters. The van der Waals surface area contributed by atoms with Crippen LogP contribution in [0, 0.1) is 5.92 Å².